The van der Waals surface area contributed by atoms with Gasteiger partial charge in [-0.2, -0.15) is 0 Å². The van der Waals surface area contributed by atoms with Crippen molar-refractivity contribution in [2.24, 2.45) is 5.41 Å². The minimum absolute atomic E-state index is 0.273. The monoisotopic (exact) mass is 317 g/mol. The minimum atomic E-state index is -1.05. The molecule has 2 atom stereocenters. The van der Waals surface area contributed by atoms with Crippen LogP contribution >= 0.6 is 0 Å². The first-order valence-electron chi connectivity index (χ1n) is 7.34. The Morgan fingerprint density at radius 3 is 2.32 bits per heavy atom. The summed E-state index contributed by atoms with van der Waals surface area (Å²) in [6, 6.07) is 0. The van der Waals surface area contributed by atoms with Crippen molar-refractivity contribution in [3.63, 3.8) is 0 Å². The third-order valence-electron chi connectivity index (χ3n) is 3.68. The highest BCUT2D eigenvalue weighted by atomic mass is 16.6. The van der Waals surface area contributed by atoms with Gasteiger partial charge >= 0.3 is 12.1 Å². The van der Waals surface area contributed by atoms with Crippen molar-refractivity contribution in [3.05, 3.63) is 0 Å². The van der Waals surface area contributed by atoms with Crippen molar-refractivity contribution in [1.29, 1.82) is 0 Å². The van der Waals surface area contributed by atoms with Gasteiger partial charge in [0.2, 0.25) is 0 Å². The lowest BCUT2D eigenvalue weighted by Gasteiger charge is -2.43. The van der Waals surface area contributed by atoms with Crippen LogP contribution < -0.4 is 0 Å². The fourth-order valence-corrected chi connectivity index (χ4v) is 2.48. The molecule has 0 aromatic heterocycles. The standard InChI is InChI=1S/C15H27NO6/c1-14(2,3)22-13(19)16-7-8-21-10(9-16)15(4,5)11(20-6)12(17)18/h10-11H,7-9H2,1-6H3,(H,17,18). The van der Waals surface area contributed by atoms with E-state index in [9.17, 15) is 14.7 Å². The van der Waals surface area contributed by atoms with E-state index in [1.165, 1.54) is 7.11 Å². The van der Waals surface area contributed by atoms with E-state index in [0.29, 0.717) is 13.2 Å². The second-order valence-corrected chi connectivity index (χ2v) is 7.06. The van der Waals surface area contributed by atoms with E-state index in [2.05, 4.69) is 0 Å². The average Bonchev–Trinajstić information content (AvgIpc) is 2.36. The molecule has 1 fully saturated rings. The third-order valence-corrected chi connectivity index (χ3v) is 3.68. The van der Waals surface area contributed by atoms with Gasteiger partial charge in [-0.25, -0.2) is 9.59 Å². The normalized spacial score (nSPS) is 21.4. The zero-order valence-electron chi connectivity index (χ0n) is 14.2. The molecule has 7 nitrogen and oxygen atoms in total. The van der Waals surface area contributed by atoms with E-state index in [1.54, 1.807) is 39.5 Å². The predicted molar refractivity (Wildman–Crippen MR) is 79.8 cm³/mol. The summed E-state index contributed by atoms with van der Waals surface area (Å²) in [6.45, 7) is 9.97. The lowest BCUT2D eigenvalue weighted by atomic mass is 9.79. The van der Waals surface area contributed by atoms with Crippen molar-refractivity contribution in [3.8, 4) is 0 Å². The van der Waals surface area contributed by atoms with Crippen LogP contribution in [-0.4, -0.2) is 66.7 Å². The summed E-state index contributed by atoms with van der Waals surface area (Å²) in [6.07, 6.45) is -1.88. The number of aliphatic carboxylic acids is 1. The van der Waals surface area contributed by atoms with Gasteiger partial charge in [0.1, 0.15) is 5.60 Å². The van der Waals surface area contributed by atoms with Crippen molar-refractivity contribution < 1.29 is 28.9 Å². The van der Waals surface area contributed by atoms with Gasteiger partial charge in [-0.15, -0.1) is 0 Å². The van der Waals surface area contributed by atoms with Gasteiger partial charge < -0.3 is 24.2 Å². The molecule has 0 aliphatic carbocycles. The molecule has 7 heteroatoms. The molecule has 0 aromatic rings. The summed E-state index contributed by atoms with van der Waals surface area (Å²) in [4.78, 5) is 25.0. The largest absolute Gasteiger partial charge is 0.479 e. The molecular formula is C15H27NO6. The van der Waals surface area contributed by atoms with E-state index >= 15 is 0 Å². The second-order valence-electron chi connectivity index (χ2n) is 7.06. The summed E-state index contributed by atoms with van der Waals surface area (Å²) >= 11 is 0. The maximum atomic E-state index is 12.2. The number of carboxylic acids is 1. The third kappa shape index (κ3) is 4.58. The number of ether oxygens (including phenoxy) is 3. The van der Waals surface area contributed by atoms with Crippen LogP contribution in [0.1, 0.15) is 34.6 Å². The van der Waals surface area contributed by atoms with Crippen LogP contribution in [0.5, 0.6) is 0 Å². The van der Waals surface area contributed by atoms with E-state index in [4.69, 9.17) is 14.2 Å². The van der Waals surface area contributed by atoms with Gasteiger partial charge in [-0.05, 0) is 20.8 Å². The van der Waals surface area contributed by atoms with Crippen LogP contribution in [0, 0.1) is 5.41 Å². The Bertz CT molecular complexity index is 415. The number of nitrogens with zero attached hydrogens (tertiary/aromatic N) is 1. The molecule has 0 saturated carbocycles. The highest BCUT2D eigenvalue weighted by molar-refractivity contribution is 5.73. The molecular weight excluding hydrogens is 290 g/mol. The number of hydrogen-bond donors (Lipinski definition) is 1. The number of rotatable bonds is 4. The lowest BCUT2D eigenvalue weighted by molar-refractivity contribution is -0.171. The molecule has 0 spiro atoms. The number of amides is 1. The molecule has 128 valence electrons. The lowest BCUT2D eigenvalue weighted by Crippen LogP contribution is -2.56. The van der Waals surface area contributed by atoms with Gasteiger partial charge in [0.25, 0.3) is 0 Å². The van der Waals surface area contributed by atoms with E-state index < -0.39 is 35.3 Å². The number of carbonyl (C=O) groups is 2. The summed E-state index contributed by atoms with van der Waals surface area (Å²) in [5, 5.41) is 9.28. The van der Waals surface area contributed by atoms with E-state index in [-0.39, 0.29) is 6.54 Å². The number of hydrogen-bond acceptors (Lipinski definition) is 5. The molecule has 0 bridgehead atoms. The Hall–Kier alpha value is -1.34. The van der Waals surface area contributed by atoms with E-state index in [0.717, 1.165) is 0 Å². The molecule has 1 heterocycles. The Labute approximate surface area is 131 Å². The first-order valence-corrected chi connectivity index (χ1v) is 7.34. The molecule has 1 rings (SSSR count). The molecule has 1 saturated heterocycles. The van der Waals surface area contributed by atoms with Crippen LogP contribution in [-0.2, 0) is 19.0 Å². The van der Waals surface area contributed by atoms with Crippen LogP contribution in [0.3, 0.4) is 0 Å². The highest BCUT2D eigenvalue weighted by Gasteiger charge is 2.45. The Morgan fingerprint density at radius 2 is 1.86 bits per heavy atom. The van der Waals surface area contributed by atoms with Crippen molar-refractivity contribution in [2.75, 3.05) is 26.8 Å². The smallest absolute Gasteiger partial charge is 0.410 e. The second kappa shape index (κ2) is 6.83. The van der Waals surface area contributed by atoms with Crippen molar-refractivity contribution >= 4 is 12.1 Å². The molecule has 0 aromatic carbocycles. The quantitative estimate of drug-likeness (QED) is 0.850. The first-order chi connectivity index (χ1) is 9.99. The number of methoxy groups -OCH3 is 1. The zero-order valence-corrected chi connectivity index (χ0v) is 14.2. The molecule has 1 aliphatic rings. The topological polar surface area (TPSA) is 85.3 Å². The number of carboxylic acid groups (broad SMARTS) is 1. The number of carbonyl (C=O) groups excluding carboxylic acids is 1. The van der Waals surface area contributed by atoms with Gasteiger partial charge in [-0.1, -0.05) is 13.8 Å². The maximum absolute atomic E-state index is 12.2. The summed E-state index contributed by atoms with van der Waals surface area (Å²) in [7, 11) is 1.36. The zero-order chi connectivity index (χ0) is 17.1. The predicted octanol–water partition coefficient (Wildman–Crippen LogP) is 1.75. The molecule has 1 N–H and O–H groups in total. The fourth-order valence-electron chi connectivity index (χ4n) is 2.48. The van der Waals surface area contributed by atoms with E-state index in [1.807, 2.05) is 0 Å². The molecule has 1 aliphatic heterocycles. The van der Waals surface area contributed by atoms with Crippen molar-refractivity contribution in [2.45, 2.75) is 52.4 Å². The molecule has 1 amide bonds. The Kier molecular flexibility index (Phi) is 5.81. The van der Waals surface area contributed by atoms with Gasteiger partial charge in [-0.3, -0.25) is 0 Å². The van der Waals surface area contributed by atoms with Crippen LogP contribution in [0.15, 0.2) is 0 Å². The average molecular weight is 317 g/mol. The SMILES string of the molecule is COC(C(=O)O)C(C)(C)C1CN(C(=O)OC(C)(C)C)CCO1. The summed E-state index contributed by atoms with van der Waals surface area (Å²) in [5.74, 6) is -1.05. The summed E-state index contributed by atoms with van der Waals surface area (Å²) in [5.41, 5.74) is -1.36. The minimum Gasteiger partial charge on any atom is -0.479 e. The molecule has 0 radical (unpaired) electrons. The summed E-state index contributed by atoms with van der Waals surface area (Å²) < 4.78 is 16.1. The molecule has 22 heavy (non-hydrogen) atoms. The van der Waals surface area contributed by atoms with Crippen LogP contribution in [0.4, 0.5) is 4.79 Å². The Balaban J connectivity index is 2.81. The Morgan fingerprint density at radius 1 is 1.27 bits per heavy atom. The van der Waals surface area contributed by atoms with Crippen LogP contribution in [0.25, 0.3) is 0 Å². The van der Waals surface area contributed by atoms with Gasteiger partial charge in [0.05, 0.1) is 19.3 Å². The van der Waals surface area contributed by atoms with Crippen LogP contribution in [0.2, 0.25) is 0 Å². The molecule has 2 unspecified atom stereocenters. The number of morpholine rings is 1. The maximum Gasteiger partial charge on any atom is 0.410 e. The van der Waals surface area contributed by atoms with Gasteiger partial charge in [0, 0.05) is 19.1 Å². The first kappa shape index (κ1) is 18.7. The van der Waals surface area contributed by atoms with Crippen molar-refractivity contribution in [1.82, 2.24) is 4.90 Å². The highest BCUT2D eigenvalue weighted by Crippen LogP contribution is 2.32. The van der Waals surface area contributed by atoms with Gasteiger partial charge in [0.15, 0.2) is 6.10 Å². The fraction of sp³-hybridized carbons (Fsp3) is 0.867.